The third-order valence-corrected chi connectivity index (χ3v) is 3.12. The number of alkyl halides is 15. The van der Waals surface area contributed by atoms with Crippen molar-refractivity contribution in [3.8, 4) is 0 Å². The van der Waals surface area contributed by atoms with Gasteiger partial charge in [-0.05, 0) is 0 Å². The van der Waals surface area contributed by atoms with E-state index < -0.39 is 58.1 Å². The number of hydrogen-bond donors (Lipinski definition) is 0. The maximum absolute atomic E-state index is 13.1. The molecule has 0 atom stereocenters. The summed E-state index contributed by atoms with van der Waals surface area (Å²) in [6, 6.07) is 0. The van der Waals surface area contributed by atoms with Crippen molar-refractivity contribution in [2.45, 2.75) is 41.7 Å². The summed E-state index contributed by atoms with van der Waals surface area (Å²) in [6.45, 7) is 0. The van der Waals surface area contributed by atoms with E-state index >= 15 is 0 Å². The summed E-state index contributed by atoms with van der Waals surface area (Å²) in [7, 11) is -6.78. The van der Waals surface area contributed by atoms with Crippen molar-refractivity contribution in [2.24, 2.45) is 0 Å². The van der Waals surface area contributed by atoms with E-state index in [1.165, 1.54) is 0 Å². The number of carbonyl (C=O) groups excluding carboxylic acids is 1. The molecule has 0 saturated carbocycles. The molecule has 174 valence electrons. The normalized spacial score (nSPS) is 15.5. The van der Waals surface area contributed by atoms with Crippen LogP contribution in [0, 0.1) is 0 Å². The molecular weight excluding hydrogens is 516 g/mol. The Balaban J connectivity index is 0. The molecule has 0 aliphatic heterocycles. The minimum atomic E-state index is -8.66. The molecule has 5 nitrogen and oxygen atoms in total. The summed E-state index contributed by atoms with van der Waals surface area (Å²) in [5, 5.41) is 0. The molecule has 0 heterocycles. The molecule has 0 aromatic rings. The van der Waals surface area contributed by atoms with E-state index in [0.29, 0.717) is 0 Å². The zero-order valence-corrected chi connectivity index (χ0v) is 15.9. The van der Waals surface area contributed by atoms with Gasteiger partial charge in [0.05, 0.1) is 0 Å². The molecule has 0 amide bonds. The second-order valence-electron chi connectivity index (χ2n) is 4.72. The van der Waals surface area contributed by atoms with Crippen molar-refractivity contribution >= 4 is 16.4 Å². The van der Waals surface area contributed by atoms with Crippen LogP contribution in [0.1, 0.15) is 0 Å². The Labute approximate surface area is 175 Å². The minimum absolute atomic E-state index is 0. The monoisotopic (exact) mass is 516 g/mol. The Kier molecular flexibility index (Phi) is 8.44. The summed E-state index contributed by atoms with van der Waals surface area (Å²) in [4.78, 5) is 10.4. The van der Waals surface area contributed by atoms with Crippen molar-refractivity contribution in [1.82, 2.24) is 0 Å². The SMILES string of the molecule is O=C(OS(=O)(=O)[O-])C(F)(F)C(F)(F)C(F)(F)C(F)(F)C(F)(F)C(F)(F)C(F)(F)F.[Na+]. The van der Waals surface area contributed by atoms with Crippen molar-refractivity contribution in [3.63, 3.8) is 0 Å². The second kappa shape index (κ2) is 8.03. The van der Waals surface area contributed by atoms with Crippen LogP contribution in [0.2, 0.25) is 0 Å². The van der Waals surface area contributed by atoms with Gasteiger partial charge in [-0.25, -0.2) is 13.2 Å². The summed E-state index contributed by atoms with van der Waals surface area (Å²) in [5.74, 6) is -54.5. The predicted molar refractivity (Wildman–Crippen MR) is 51.5 cm³/mol. The molecule has 0 radical (unpaired) electrons. The Morgan fingerprint density at radius 1 is 0.600 bits per heavy atom. The van der Waals surface area contributed by atoms with Crippen molar-refractivity contribution in [1.29, 1.82) is 0 Å². The Morgan fingerprint density at radius 3 is 1.13 bits per heavy atom. The summed E-state index contributed by atoms with van der Waals surface area (Å²) in [6.07, 6.45) is -7.80. The van der Waals surface area contributed by atoms with Gasteiger partial charge in [0, 0.05) is 0 Å². The first-order valence-electron chi connectivity index (χ1n) is 5.66. The van der Waals surface area contributed by atoms with E-state index in [1.807, 2.05) is 4.18 Å². The molecule has 0 fully saturated rings. The van der Waals surface area contributed by atoms with Crippen molar-refractivity contribution < 1.29 is 117 Å². The maximum Gasteiger partial charge on any atom is 1.00 e. The average Bonchev–Trinajstić information content (AvgIpc) is 2.42. The van der Waals surface area contributed by atoms with Crippen LogP contribution in [0.3, 0.4) is 0 Å². The fourth-order valence-electron chi connectivity index (χ4n) is 1.24. The molecular formula is C8F15NaO5S. The van der Waals surface area contributed by atoms with Gasteiger partial charge in [0.25, 0.3) is 10.4 Å². The second-order valence-corrected chi connectivity index (χ2v) is 5.71. The fourth-order valence-corrected chi connectivity index (χ4v) is 1.53. The predicted octanol–water partition coefficient (Wildman–Crippen LogP) is 0.368. The number of rotatable bonds is 7. The van der Waals surface area contributed by atoms with Gasteiger partial charge in [0.15, 0.2) is 0 Å². The van der Waals surface area contributed by atoms with Gasteiger partial charge in [-0.3, -0.25) is 0 Å². The van der Waals surface area contributed by atoms with Crippen LogP contribution < -0.4 is 29.6 Å². The molecule has 0 saturated heterocycles. The molecule has 0 rings (SSSR count). The molecule has 22 heteroatoms. The third-order valence-electron chi connectivity index (χ3n) is 2.76. The molecule has 30 heavy (non-hydrogen) atoms. The van der Waals surface area contributed by atoms with E-state index in [2.05, 4.69) is 0 Å². The number of halogens is 15. The van der Waals surface area contributed by atoms with Gasteiger partial charge >= 0.3 is 77.2 Å². The van der Waals surface area contributed by atoms with Crippen LogP contribution in [-0.2, 0) is 19.4 Å². The molecule has 0 unspecified atom stereocenters. The smallest absolute Gasteiger partial charge is 0.716 e. The average molecular weight is 516 g/mol. The van der Waals surface area contributed by atoms with Crippen molar-refractivity contribution in [3.05, 3.63) is 0 Å². The van der Waals surface area contributed by atoms with Gasteiger partial charge in [0.1, 0.15) is 0 Å². The topological polar surface area (TPSA) is 83.5 Å². The van der Waals surface area contributed by atoms with Crippen LogP contribution in [-0.4, -0.2) is 60.7 Å². The van der Waals surface area contributed by atoms with E-state index in [4.69, 9.17) is 0 Å². The van der Waals surface area contributed by atoms with E-state index in [0.717, 1.165) is 0 Å². The summed E-state index contributed by atoms with van der Waals surface area (Å²) in [5.41, 5.74) is 0. The van der Waals surface area contributed by atoms with E-state index in [-0.39, 0.29) is 29.6 Å². The van der Waals surface area contributed by atoms with E-state index in [9.17, 15) is 83.6 Å². The van der Waals surface area contributed by atoms with Gasteiger partial charge in [0.2, 0.25) is 0 Å². The Morgan fingerprint density at radius 2 is 0.867 bits per heavy atom. The molecule has 0 aliphatic carbocycles. The Hall–Kier alpha value is -0.670. The number of hydrogen-bond acceptors (Lipinski definition) is 5. The molecule has 0 aromatic carbocycles. The first-order chi connectivity index (χ1) is 12.1. The van der Waals surface area contributed by atoms with Gasteiger partial charge < -0.3 is 8.74 Å². The Bertz CT molecular complexity index is 757. The van der Waals surface area contributed by atoms with Gasteiger partial charge in [-0.2, -0.15) is 65.9 Å². The largest absolute Gasteiger partial charge is 1.00 e. The van der Waals surface area contributed by atoms with Crippen LogP contribution >= 0.6 is 0 Å². The minimum Gasteiger partial charge on any atom is -0.716 e. The quantitative estimate of drug-likeness (QED) is 0.212. The zero-order chi connectivity index (χ0) is 24.3. The molecule has 0 aromatic heterocycles. The van der Waals surface area contributed by atoms with Crippen LogP contribution in [0.15, 0.2) is 0 Å². The van der Waals surface area contributed by atoms with Crippen LogP contribution in [0.25, 0.3) is 0 Å². The zero-order valence-electron chi connectivity index (χ0n) is 13.1. The first kappa shape index (κ1) is 31.5. The maximum atomic E-state index is 13.1. The number of carbonyl (C=O) groups is 1. The first-order valence-corrected chi connectivity index (χ1v) is 6.99. The van der Waals surface area contributed by atoms with Gasteiger partial charge in [-0.15, -0.1) is 0 Å². The molecule has 0 spiro atoms. The standard InChI is InChI=1S/C8HF15O5S.Na/c9-2(10,1(24)28-29(25,26)27)3(11,12)4(13,14)5(15,16)6(17,18)7(19,20)8(21,22)23;/h(H,25,26,27);/q;+1/p-1. The summed E-state index contributed by atoms with van der Waals surface area (Å²) >= 11 is 0. The third kappa shape index (κ3) is 4.58. The molecule has 0 bridgehead atoms. The van der Waals surface area contributed by atoms with E-state index in [1.54, 1.807) is 0 Å². The summed E-state index contributed by atoms with van der Waals surface area (Å²) < 4.78 is 222. The fraction of sp³-hybridized carbons (Fsp3) is 0.875. The van der Waals surface area contributed by atoms with Crippen molar-refractivity contribution in [2.75, 3.05) is 0 Å². The molecule has 0 aliphatic rings. The van der Waals surface area contributed by atoms with Crippen LogP contribution in [0.4, 0.5) is 65.9 Å². The molecule has 0 N–H and O–H groups in total. The van der Waals surface area contributed by atoms with Crippen LogP contribution in [0.5, 0.6) is 0 Å². The van der Waals surface area contributed by atoms with Gasteiger partial charge in [-0.1, -0.05) is 0 Å².